The topological polar surface area (TPSA) is 32.3 Å². The summed E-state index contributed by atoms with van der Waals surface area (Å²) in [5.74, 6) is -3.47. The van der Waals surface area contributed by atoms with Gasteiger partial charge in [0.25, 0.3) is 0 Å². The van der Waals surface area contributed by atoms with Crippen molar-refractivity contribution in [2.24, 2.45) is 5.41 Å². The molecule has 1 saturated carbocycles. The first-order valence-corrected chi connectivity index (χ1v) is 9.46. The van der Waals surface area contributed by atoms with Gasteiger partial charge in [-0.15, -0.1) is 0 Å². The Morgan fingerprint density at radius 1 is 1.10 bits per heavy atom. The summed E-state index contributed by atoms with van der Waals surface area (Å²) in [5.41, 5.74) is -1.53. The fourth-order valence-electron chi connectivity index (χ4n) is 3.84. The van der Waals surface area contributed by atoms with E-state index >= 15 is 0 Å². The van der Waals surface area contributed by atoms with Crippen LogP contribution in [0.2, 0.25) is 0 Å². The van der Waals surface area contributed by atoms with Crippen LogP contribution in [0.4, 0.5) is 37.7 Å². The van der Waals surface area contributed by atoms with Crippen molar-refractivity contribution in [3.05, 3.63) is 58.9 Å². The molecule has 0 bridgehead atoms. The number of carbonyl (C=O) groups is 1. The highest BCUT2D eigenvalue weighted by atomic mass is 19.4. The molecule has 0 unspecified atom stereocenters. The Labute approximate surface area is 168 Å². The van der Waals surface area contributed by atoms with Crippen molar-refractivity contribution in [2.45, 2.75) is 38.4 Å². The molecule has 30 heavy (non-hydrogen) atoms. The van der Waals surface area contributed by atoms with Crippen LogP contribution in [0.25, 0.3) is 0 Å². The first-order chi connectivity index (χ1) is 14.1. The van der Waals surface area contributed by atoms with Crippen LogP contribution in [0.15, 0.2) is 30.3 Å². The summed E-state index contributed by atoms with van der Waals surface area (Å²) in [5, 5.41) is 2.00. The van der Waals surface area contributed by atoms with Crippen molar-refractivity contribution in [1.82, 2.24) is 0 Å². The summed E-state index contributed by atoms with van der Waals surface area (Å²) in [4.78, 5) is 13.9. The molecule has 1 heterocycles. The second kappa shape index (κ2) is 7.21. The second-order valence-electron chi connectivity index (χ2n) is 7.84. The van der Waals surface area contributed by atoms with E-state index in [9.17, 15) is 31.1 Å². The monoisotopic (exact) mass is 428 g/mol. The van der Waals surface area contributed by atoms with Crippen LogP contribution in [0, 0.1) is 22.9 Å². The maximum absolute atomic E-state index is 14.9. The summed E-state index contributed by atoms with van der Waals surface area (Å²) in [6, 6.07) is 6.79. The van der Waals surface area contributed by atoms with Gasteiger partial charge in [-0.2, -0.15) is 13.2 Å². The molecule has 1 aliphatic heterocycles. The molecular weight excluding hydrogens is 410 g/mol. The maximum atomic E-state index is 14.9. The van der Waals surface area contributed by atoms with Crippen molar-refractivity contribution in [1.29, 1.82) is 0 Å². The minimum absolute atomic E-state index is 0.168. The Bertz CT molecular complexity index is 982. The van der Waals surface area contributed by atoms with Gasteiger partial charge in [-0.25, -0.2) is 13.2 Å². The molecule has 0 radical (unpaired) electrons. The molecule has 160 valence electrons. The molecule has 0 saturated heterocycles. The van der Waals surface area contributed by atoms with Gasteiger partial charge in [0, 0.05) is 25.2 Å². The number of hydrogen-bond acceptors (Lipinski definition) is 2. The number of fused-ring (bicyclic) bond motifs is 1. The Morgan fingerprint density at radius 3 is 2.37 bits per heavy atom. The molecule has 4 rings (SSSR count). The quantitative estimate of drug-likeness (QED) is 0.667. The molecule has 3 nitrogen and oxygen atoms in total. The van der Waals surface area contributed by atoms with Crippen LogP contribution < -0.4 is 10.2 Å². The molecule has 0 atom stereocenters. The molecular formula is C21H18F6N2O. The van der Waals surface area contributed by atoms with E-state index in [0.29, 0.717) is 17.8 Å². The molecule has 2 aromatic carbocycles. The number of nitrogens with one attached hydrogen (secondary N) is 1. The van der Waals surface area contributed by atoms with Gasteiger partial charge in [0.2, 0.25) is 5.91 Å². The minimum atomic E-state index is -4.53. The van der Waals surface area contributed by atoms with E-state index in [4.69, 9.17) is 0 Å². The van der Waals surface area contributed by atoms with E-state index in [1.54, 1.807) is 12.1 Å². The first kappa shape index (κ1) is 20.6. The predicted octanol–water partition coefficient (Wildman–Crippen LogP) is 5.34. The number of hydrogen-bond donors (Lipinski definition) is 1. The fourth-order valence-corrected chi connectivity index (χ4v) is 3.84. The molecule has 0 spiro atoms. The van der Waals surface area contributed by atoms with Crippen molar-refractivity contribution in [3.63, 3.8) is 0 Å². The van der Waals surface area contributed by atoms with E-state index in [1.165, 1.54) is 12.1 Å². The number of amides is 1. The molecule has 1 amide bonds. The van der Waals surface area contributed by atoms with Gasteiger partial charge in [0.15, 0.2) is 5.82 Å². The first-order valence-electron chi connectivity index (χ1n) is 9.46. The van der Waals surface area contributed by atoms with Crippen molar-refractivity contribution in [2.75, 3.05) is 16.8 Å². The van der Waals surface area contributed by atoms with Crippen LogP contribution in [0.3, 0.4) is 0 Å². The average molecular weight is 428 g/mol. The average Bonchev–Trinajstić information content (AvgIpc) is 3.46. The van der Waals surface area contributed by atoms with Crippen molar-refractivity contribution >= 4 is 17.3 Å². The van der Waals surface area contributed by atoms with E-state index in [0.717, 1.165) is 6.07 Å². The Morgan fingerprint density at radius 2 is 1.77 bits per heavy atom. The lowest BCUT2D eigenvalue weighted by atomic mass is 9.96. The standard InChI is InChI=1S/C21H18F6N2O/c22-13-1-3-14(4-2-13)29-8-5-15-12(11-29)9-16(23)19(18(15)24)28-17(30)10-20(6-7-20)21(25,26)27/h1-4,9H,5-8,10-11H2,(H,28,30). The molecule has 1 aliphatic carbocycles. The van der Waals surface area contributed by atoms with E-state index in [1.807, 2.05) is 10.2 Å². The largest absolute Gasteiger partial charge is 0.395 e. The van der Waals surface area contributed by atoms with Crippen LogP contribution >= 0.6 is 0 Å². The third kappa shape index (κ3) is 3.73. The van der Waals surface area contributed by atoms with Gasteiger partial charge >= 0.3 is 6.18 Å². The van der Waals surface area contributed by atoms with Crippen LogP contribution in [-0.2, 0) is 17.8 Å². The van der Waals surface area contributed by atoms with Gasteiger partial charge in [-0.3, -0.25) is 4.79 Å². The van der Waals surface area contributed by atoms with Gasteiger partial charge in [-0.05, 0) is 60.7 Å². The maximum Gasteiger partial charge on any atom is 0.395 e. The van der Waals surface area contributed by atoms with Crippen LogP contribution in [-0.4, -0.2) is 18.6 Å². The Hall–Kier alpha value is -2.71. The highest BCUT2D eigenvalue weighted by Crippen LogP contribution is 2.60. The third-order valence-corrected chi connectivity index (χ3v) is 5.81. The SMILES string of the molecule is O=C(CC1(C(F)(F)F)CC1)Nc1c(F)cc2c(c1F)CCN(c1ccc(F)cc1)C2. The van der Waals surface area contributed by atoms with Crippen molar-refractivity contribution in [3.8, 4) is 0 Å². The lowest BCUT2D eigenvalue weighted by Crippen LogP contribution is -2.32. The van der Waals surface area contributed by atoms with Crippen LogP contribution in [0.5, 0.6) is 0 Å². The lowest BCUT2D eigenvalue weighted by molar-refractivity contribution is -0.189. The van der Waals surface area contributed by atoms with Crippen molar-refractivity contribution < 1.29 is 31.1 Å². The zero-order valence-corrected chi connectivity index (χ0v) is 15.8. The summed E-state index contributed by atoms with van der Waals surface area (Å²) in [6.07, 6.45) is -5.52. The second-order valence-corrected chi connectivity index (χ2v) is 7.84. The summed E-state index contributed by atoms with van der Waals surface area (Å²) < 4.78 is 81.6. The molecule has 2 aliphatic rings. The fraction of sp³-hybridized carbons (Fsp3) is 0.381. The van der Waals surface area contributed by atoms with Gasteiger partial charge in [0.05, 0.1) is 5.41 Å². The van der Waals surface area contributed by atoms with E-state index in [2.05, 4.69) is 0 Å². The smallest absolute Gasteiger partial charge is 0.367 e. The Kier molecular flexibility index (Phi) is 4.94. The Balaban J connectivity index is 1.52. The third-order valence-electron chi connectivity index (χ3n) is 5.81. The predicted molar refractivity (Wildman–Crippen MR) is 98.5 cm³/mol. The number of anilines is 2. The number of rotatable bonds is 4. The molecule has 1 N–H and O–H groups in total. The lowest BCUT2D eigenvalue weighted by Gasteiger charge is -2.31. The number of halogens is 6. The molecule has 2 aromatic rings. The number of nitrogens with zero attached hydrogens (tertiary/aromatic N) is 1. The van der Waals surface area contributed by atoms with E-state index < -0.39 is 47.1 Å². The highest BCUT2D eigenvalue weighted by Gasteiger charge is 2.63. The molecule has 9 heteroatoms. The number of carbonyl (C=O) groups excluding carboxylic acids is 1. The molecule has 0 aromatic heterocycles. The van der Waals surface area contributed by atoms with Gasteiger partial charge < -0.3 is 10.2 Å². The van der Waals surface area contributed by atoms with Crippen LogP contribution in [0.1, 0.15) is 30.4 Å². The normalized spacial score (nSPS) is 17.5. The zero-order chi connectivity index (χ0) is 21.7. The number of benzene rings is 2. The molecule has 1 fully saturated rings. The zero-order valence-electron chi connectivity index (χ0n) is 15.8. The van der Waals surface area contributed by atoms with E-state index in [-0.39, 0.29) is 31.4 Å². The van der Waals surface area contributed by atoms with Gasteiger partial charge in [-0.1, -0.05) is 0 Å². The highest BCUT2D eigenvalue weighted by molar-refractivity contribution is 5.92. The number of alkyl halides is 3. The minimum Gasteiger partial charge on any atom is -0.367 e. The summed E-state index contributed by atoms with van der Waals surface area (Å²) in [7, 11) is 0. The van der Waals surface area contributed by atoms with Gasteiger partial charge in [0.1, 0.15) is 17.3 Å². The summed E-state index contributed by atoms with van der Waals surface area (Å²) in [6.45, 7) is 0.561. The summed E-state index contributed by atoms with van der Waals surface area (Å²) >= 11 is 0.